The van der Waals surface area contributed by atoms with E-state index in [1.807, 2.05) is 0 Å². The molecule has 0 atom stereocenters. The predicted octanol–water partition coefficient (Wildman–Crippen LogP) is 1.76. The molecule has 0 aromatic heterocycles. The van der Waals surface area contributed by atoms with Gasteiger partial charge in [0.15, 0.2) is 0 Å². The number of hydrogen-bond donors (Lipinski definition) is 1. The van der Waals surface area contributed by atoms with E-state index in [0.29, 0.717) is 5.75 Å². The number of carbonyl (C=O) groups excluding carboxylic acids is 1. The minimum absolute atomic E-state index is 0.149. The number of ether oxygens (including phenoxy) is 1. The smallest absolute Gasteiger partial charge is 0.304 e. The summed E-state index contributed by atoms with van der Waals surface area (Å²) in [6, 6.07) is 12.5. The van der Waals surface area contributed by atoms with Crippen molar-refractivity contribution in [3.8, 4) is 5.75 Å². The first-order valence-corrected chi connectivity index (χ1v) is 9.50. The molecular weight excluding hydrogens is 373 g/mol. The highest BCUT2D eigenvalue weighted by molar-refractivity contribution is 7.90. The standard InChI is InChI=1S/C18H22FN3O4S/c1-21(2)27(24,25)22(16-10-6-5-9-15(16)19)13-18(23)20-12-14-8-4-7-11-17(14)26-3/h4-11H,12-13H2,1-3H3,(H,20,23). The summed E-state index contributed by atoms with van der Waals surface area (Å²) in [6.07, 6.45) is 0. The zero-order valence-corrected chi connectivity index (χ0v) is 16.2. The molecule has 27 heavy (non-hydrogen) atoms. The van der Waals surface area contributed by atoms with Crippen molar-refractivity contribution in [1.82, 2.24) is 9.62 Å². The minimum Gasteiger partial charge on any atom is -0.496 e. The Hall–Kier alpha value is -2.65. The average Bonchev–Trinajstić information content (AvgIpc) is 2.65. The maximum atomic E-state index is 14.2. The molecule has 0 radical (unpaired) electrons. The second-order valence-corrected chi connectivity index (χ2v) is 7.90. The molecule has 0 unspecified atom stereocenters. The zero-order chi connectivity index (χ0) is 20.0. The molecule has 0 bridgehead atoms. The highest BCUT2D eigenvalue weighted by Crippen LogP contribution is 2.23. The van der Waals surface area contributed by atoms with Crippen LogP contribution in [0.25, 0.3) is 0 Å². The summed E-state index contributed by atoms with van der Waals surface area (Å²) in [6.45, 7) is -0.410. The van der Waals surface area contributed by atoms with E-state index < -0.39 is 28.5 Å². The predicted molar refractivity (Wildman–Crippen MR) is 101 cm³/mol. The molecule has 1 N–H and O–H groups in total. The molecule has 2 aromatic rings. The third-order valence-corrected chi connectivity index (χ3v) is 5.62. The van der Waals surface area contributed by atoms with Crippen LogP contribution in [0.5, 0.6) is 5.75 Å². The van der Waals surface area contributed by atoms with Gasteiger partial charge < -0.3 is 10.1 Å². The van der Waals surface area contributed by atoms with Crippen LogP contribution in [0, 0.1) is 5.82 Å². The highest BCUT2D eigenvalue weighted by Gasteiger charge is 2.29. The molecule has 9 heteroatoms. The van der Waals surface area contributed by atoms with Crippen LogP contribution in [-0.4, -0.2) is 46.4 Å². The summed E-state index contributed by atoms with van der Waals surface area (Å²) in [7, 11) is 0.0846. The van der Waals surface area contributed by atoms with Gasteiger partial charge in [-0.05, 0) is 18.2 Å². The number of nitrogens with one attached hydrogen (secondary N) is 1. The van der Waals surface area contributed by atoms with Crippen LogP contribution in [0.15, 0.2) is 48.5 Å². The van der Waals surface area contributed by atoms with Crippen molar-refractivity contribution in [3.63, 3.8) is 0 Å². The molecule has 146 valence electrons. The Morgan fingerprint density at radius 3 is 2.37 bits per heavy atom. The lowest BCUT2D eigenvalue weighted by atomic mass is 10.2. The molecule has 2 aromatic carbocycles. The monoisotopic (exact) mass is 395 g/mol. The fourth-order valence-corrected chi connectivity index (χ4v) is 3.44. The van der Waals surface area contributed by atoms with E-state index in [1.54, 1.807) is 24.3 Å². The number of para-hydroxylation sites is 2. The number of methoxy groups -OCH3 is 1. The number of rotatable bonds is 8. The van der Waals surface area contributed by atoms with Crippen molar-refractivity contribution >= 4 is 21.8 Å². The van der Waals surface area contributed by atoms with Crippen molar-refractivity contribution in [2.24, 2.45) is 0 Å². The van der Waals surface area contributed by atoms with Crippen LogP contribution in [0.2, 0.25) is 0 Å². The lowest BCUT2D eigenvalue weighted by Gasteiger charge is -2.27. The summed E-state index contributed by atoms with van der Waals surface area (Å²) >= 11 is 0. The van der Waals surface area contributed by atoms with Gasteiger partial charge >= 0.3 is 10.2 Å². The van der Waals surface area contributed by atoms with Crippen LogP contribution in [0.3, 0.4) is 0 Å². The van der Waals surface area contributed by atoms with Gasteiger partial charge in [0.05, 0.1) is 12.8 Å². The van der Waals surface area contributed by atoms with Crippen molar-refractivity contribution < 1.29 is 22.3 Å². The fraction of sp³-hybridized carbons (Fsp3) is 0.278. The minimum atomic E-state index is -4.06. The molecule has 7 nitrogen and oxygen atoms in total. The molecule has 2 rings (SSSR count). The van der Waals surface area contributed by atoms with Gasteiger partial charge in [-0.3, -0.25) is 4.79 Å². The molecule has 0 saturated heterocycles. The summed E-state index contributed by atoms with van der Waals surface area (Å²) in [5.74, 6) is -0.709. The van der Waals surface area contributed by atoms with Gasteiger partial charge in [-0.2, -0.15) is 12.7 Å². The van der Waals surface area contributed by atoms with Gasteiger partial charge in [-0.1, -0.05) is 30.3 Å². The van der Waals surface area contributed by atoms with Crippen molar-refractivity contribution in [2.75, 3.05) is 32.1 Å². The lowest BCUT2D eigenvalue weighted by molar-refractivity contribution is -0.119. The molecule has 0 saturated carbocycles. The van der Waals surface area contributed by atoms with E-state index >= 15 is 0 Å². The largest absolute Gasteiger partial charge is 0.496 e. The number of benzene rings is 2. The maximum Gasteiger partial charge on any atom is 0.304 e. The van der Waals surface area contributed by atoms with Crippen LogP contribution in [-0.2, 0) is 21.5 Å². The topological polar surface area (TPSA) is 79.0 Å². The number of carbonyl (C=O) groups is 1. The molecule has 0 fully saturated rings. The third-order valence-electron chi connectivity index (χ3n) is 3.82. The number of halogens is 1. The summed E-state index contributed by atoms with van der Waals surface area (Å²) in [5.41, 5.74) is 0.542. The number of hydrogen-bond acceptors (Lipinski definition) is 4. The first kappa shape index (κ1) is 20.7. The Balaban J connectivity index is 2.20. The molecular formula is C18H22FN3O4S. The Morgan fingerprint density at radius 1 is 1.11 bits per heavy atom. The first-order chi connectivity index (χ1) is 12.8. The van der Waals surface area contributed by atoms with E-state index in [2.05, 4.69) is 5.32 Å². The molecule has 0 aliphatic rings. The lowest BCUT2D eigenvalue weighted by Crippen LogP contribution is -2.46. The number of nitrogens with zero attached hydrogens (tertiary/aromatic N) is 2. The van der Waals surface area contributed by atoms with Gasteiger partial charge in [-0.15, -0.1) is 0 Å². The Labute approximate surface area is 158 Å². The molecule has 0 aliphatic carbocycles. The maximum absolute atomic E-state index is 14.2. The van der Waals surface area contributed by atoms with Gasteiger partial charge in [0.1, 0.15) is 18.1 Å². The van der Waals surface area contributed by atoms with E-state index in [-0.39, 0.29) is 12.2 Å². The van der Waals surface area contributed by atoms with Gasteiger partial charge in [0.2, 0.25) is 5.91 Å². The van der Waals surface area contributed by atoms with Crippen molar-refractivity contribution in [2.45, 2.75) is 6.54 Å². The molecule has 0 spiro atoms. The third kappa shape index (κ3) is 4.95. The van der Waals surface area contributed by atoms with Crippen LogP contribution in [0.1, 0.15) is 5.56 Å². The summed E-state index contributed by atoms with van der Waals surface area (Å²) in [4.78, 5) is 12.4. The van der Waals surface area contributed by atoms with Crippen molar-refractivity contribution in [3.05, 3.63) is 59.9 Å². The Morgan fingerprint density at radius 2 is 1.74 bits per heavy atom. The van der Waals surface area contributed by atoms with E-state index in [9.17, 15) is 17.6 Å². The molecule has 0 heterocycles. The first-order valence-electron chi connectivity index (χ1n) is 8.10. The van der Waals surface area contributed by atoms with Gasteiger partial charge in [0.25, 0.3) is 0 Å². The highest BCUT2D eigenvalue weighted by atomic mass is 32.2. The normalized spacial score (nSPS) is 11.3. The van der Waals surface area contributed by atoms with Crippen LogP contribution < -0.4 is 14.4 Å². The SMILES string of the molecule is COc1ccccc1CNC(=O)CN(c1ccccc1F)S(=O)(=O)N(C)C. The Bertz CT molecular complexity index is 903. The summed E-state index contributed by atoms with van der Waals surface area (Å²) < 4.78 is 46.2. The molecule has 0 aliphatic heterocycles. The summed E-state index contributed by atoms with van der Waals surface area (Å²) in [5, 5.41) is 2.64. The van der Waals surface area contributed by atoms with Gasteiger partial charge in [-0.25, -0.2) is 8.70 Å². The second kappa shape index (κ2) is 8.83. The second-order valence-electron chi connectivity index (χ2n) is 5.84. The van der Waals surface area contributed by atoms with E-state index in [4.69, 9.17) is 4.74 Å². The number of anilines is 1. The molecule has 1 amide bonds. The van der Waals surface area contributed by atoms with E-state index in [0.717, 1.165) is 20.2 Å². The number of amides is 1. The average molecular weight is 395 g/mol. The fourth-order valence-electron chi connectivity index (χ4n) is 2.37. The van der Waals surface area contributed by atoms with Crippen LogP contribution >= 0.6 is 0 Å². The van der Waals surface area contributed by atoms with E-state index in [1.165, 1.54) is 39.4 Å². The van der Waals surface area contributed by atoms with Crippen LogP contribution in [0.4, 0.5) is 10.1 Å². The quantitative estimate of drug-likeness (QED) is 0.739. The Kier molecular flexibility index (Phi) is 6.75. The van der Waals surface area contributed by atoms with Gasteiger partial charge in [0, 0.05) is 26.2 Å². The van der Waals surface area contributed by atoms with Crippen molar-refractivity contribution in [1.29, 1.82) is 0 Å². The zero-order valence-electron chi connectivity index (χ0n) is 15.3.